The van der Waals surface area contributed by atoms with Crippen molar-refractivity contribution in [3.8, 4) is 0 Å². The fraction of sp³-hybridized carbons (Fsp3) is 0.0909. The number of amides is 1. The summed E-state index contributed by atoms with van der Waals surface area (Å²) < 4.78 is 31.0. The molecule has 0 aliphatic rings. The number of anilines is 3. The van der Waals surface area contributed by atoms with Crippen molar-refractivity contribution in [3.05, 3.63) is 30.5 Å². The second-order valence-corrected chi connectivity index (χ2v) is 5.60. The van der Waals surface area contributed by atoms with Crippen LogP contribution in [-0.4, -0.2) is 31.8 Å². The third kappa shape index (κ3) is 3.42. The van der Waals surface area contributed by atoms with Crippen LogP contribution in [0.2, 0.25) is 0 Å². The van der Waals surface area contributed by atoms with Crippen LogP contribution in [-0.2, 0) is 14.8 Å². The van der Waals surface area contributed by atoms with E-state index in [0.29, 0.717) is 5.69 Å². The zero-order valence-electron chi connectivity index (χ0n) is 11.0. The molecule has 1 aromatic carbocycles. The van der Waals surface area contributed by atoms with Gasteiger partial charge in [-0.3, -0.25) is 15.1 Å². The van der Waals surface area contributed by atoms with Crippen molar-refractivity contribution in [1.29, 1.82) is 0 Å². The number of carbonyl (C=O) groups is 1. The van der Waals surface area contributed by atoms with Gasteiger partial charge < -0.3 is 10.5 Å². The number of methoxy groups -OCH3 is 1. The Morgan fingerprint density at radius 3 is 2.71 bits per heavy atom. The van der Waals surface area contributed by atoms with Crippen molar-refractivity contribution >= 4 is 33.3 Å². The van der Waals surface area contributed by atoms with E-state index in [2.05, 4.69) is 25.0 Å². The number of nitrogens with one attached hydrogen (secondary N) is 3. The van der Waals surface area contributed by atoms with Crippen LogP contribution in [0.5, 0.6) is 0 Å². The number of rotatable bonds is 4. The highest BCUT2D eigenvalue weighted by atomic mass is 32.2. The topological polar surface area (TPSA) is 139 Å². The van der Waals surface area contributed by atoms with Gasteiger partial charge >= 0.3 is 6.09 Å². The van der Waals surface area contributed by atoms with Crippen molar-refractivity contribution in [2.75, 3.05) is 22.9 Å². The molecule has 0 saturated carbocycles. The van der Waals surface area contributed by atoms with Crippen LogP contribution < -0.4 is 15.8 Å². The highest BCUT2D eigenvalue weighted by Gasteiger charge is 2.19. The van der Waals surface area contributed by atoms with Gasteiger partial charge in [-0.05, 0) is 18.2 Å². The Morgan fingerprint density at radius 1 is 1.38 bits per heavy atom. The lowest BCUT2D eigenvalue weighted by molar-refractivity contribution is 0.187. The maximum atomic E-state index is 12.1. The van der Waals surface area contributed by atoms with E-state index in [9.17, 15) is 13.2 Å². The Kier molecular flexibility index (Phi) is 3.98. The quantitative estimate of drug-likeness (QED) is 0.663. The van der Waals surface area contributed by atoms with E-state index in [4.69, 9.17) is 5.73 Å². The molecule has 1 amide bonds. The van der Waals surface area contributed by atoms with Crippen LogP contribution in [0.25, 0.3) is 0 Å². The summed E-state index contributed by atoms with van der Waals surface area (Å²) in [6.45, 7) is 0. The number of hydrogen-bond acceptors (Lipinski definition) is 6. The largest absolute Gasteiger partial charge is 0.453 e. The average molecular weight is 311 g/mol. The van der Waals surface area contributed by atoms with Gasteiger partial charge in [-0.2, -0.15) is 5.10 Å². The highest BCUT2D eigenvalue weighted by Crippen LogP contribution is 2.21. The smallest absolute Gasteiger partial charge is 0.411 e. The summed E-state index contributed by atoms with van der Waals surface area (Å²) in [6, 6.07) is 6.11. The molecule has 0 atom stereocenters. The van der Waals surface area contributed by atoms with E-state index in [0.717, 1.165) is 6.20 Å². The van der Waals surface area contributed by atoms with Crippen LogP contribution in [0.3, 0.4) is 0 Å². The molecule has 0 radical (unpaired) electrons. The molecular formula is C11H13N5O4S. The number of nitrogens with zero attached hydrogens (tertiary/aromatic N) is 1. The minimum absolute atomic E-state index is 0.0636. The van der Waals surface area contributed by atoms with E-state index in [-0.39, 0.29) is 16.4 Å². The molecule has 10 heteroatoms. The van der Waals surface area contributed by atoms with Crippen LogP contribution >= 0.6 is 0 Å². The number of aromatic amines is 1. The number of aromatic nitrogens is 2. The van der Waals surface area contributed by atoms with Gasteiger partial charge in [0, 0.05) is 5.69 Å². The van der Waals surface area contributed by atoms with E-state index in [1.165, 1.54) is 19.2 Å². The number of benzene rings is 1. The zero-order valence-corrected chi connectivity index (χ0v) is 11.8. The van der Waals surface area contributed by atoms with E-state index >= 15 is 0 Å². The van der Waals surface area contributed by atoms with Crippen molar-refractivity contribution in [1.82, 2.24) is 10.2 Å². The van der Waals surface area contributed by atoms with Crippen LogP contribution in [0.1, 0.15) is 0 Å². The first-order chi connectivity index (χ1) is 9.92. The number of sulfonamides is 1. The monoisotopic (exact) mass is 311 g/mol. The first-order valence-electron chi connectivity index (χ1n) is 5.69. The highest BCUT2D eigenvalue weighted by molar-refractivity contribution is 7.92. The lowest BCUT2D eigenvalue weighted by Crippen LogP contribution is -2.15. The summed E-state index contributed by atoms with van der Waals surface area (Å²) in [4.78, 5) is 10.9. The van der Waals surface area contributed by atoms with Crippen molar-refractivity contribution in [3.63, 3.8) is 0 Å². The molecule has 0 bridgehead atoms. The van der Waals surface area contributed by atoms with Gasteiger partial charge in [-0.15, -0.1) is 0 Å². The third-order valence-corrected chi connectivity index (χ3v) is 3.88. The van der Waals surface area contributed by atoms with E-state index in [1.54, 1.807) is 12.1 Å². The lowest BCUT2D eigenvalue weighted by atomic mass is 10.3. The van der Waals surface area contributed by atoms with Crippen LogP contribution in [0.15, 0.2) is 35.4 Å². The Hall–Kier alpha value is -2.75. The Labute approximate surface area is 120 Å². The normalized spacial score (nSPS) is 10.9. The number of nitrogen functional groups attached to an aromatic ring is 1. The molecule has 2 rings (SSSR count). The standard InChI is InChI=1S/C11H13N5O4S/c1-20-11(17)14-7-3-2-4-8(5-7)16-21(18,19)9-6-13-15-10(9)12/h2-6,16H,1H3,(H,14,17)(H3,12,13,15). The number of nitrogens with two attached hydrogens (primary N) is 1. The number of carbonyl (C=O) groups excluding carboxylic acids is 1. The summed E-state index contributed by atoms with van der Waals surface area (Å²) in [5.41, 5.74) is 6.11. The molecule has 2 aromatic rings. The number of hydrogen-bond donors (Lipinski definition) is 4. The van der Waals surface area contributed by atoms with Gasteiger partial charge in [0.15, 0.2) is 0 Å². The zero-order chi connectivity index (χ0) is 15.5. The first-order valence-corrected chi connectivity index (χ1v) is 7.17. The molecule has 9 nitrogen and oxygen atoms in total. The Balaban J connectivity index is 2.22. The van der Waals surface area contributed by atoms with Gasteiger partial charge in [0.25, 0.3) is 10.0 Å². The van der Waals surface area contributed by atoms with Gasteiger partial charge in [0.05, 0.1) is 19.0 Å². The summed E-state index contributed by atoms with van der Waals surface area (Å²) in [7, 11) is -2.64. The second kappa shape index (κ2) is 5.71. The van der Waals surface area contributed by atoms with Crippen molar-refractivity contribution in [2.24, 2.45) is 0 Å². The van der Waals surface area contributed by atoms with Gasteiger partial charge in [0.2, 0.25) is 0 Å². The molecule has 0 fully saturated rings. The van der Waals surface area contributed by atoms with Gasteiger partial charge in [0.1, 0.15) is 10.7 Å². The maximum absolute atomic E-state index is 12.1. The number of H-pyrrole nitrogens is 1. The molecule has 1 aromatic heterocycles. The molecular weight excluding hydrogens is 298 g/mol. The Morgan fingerprint density at radius 2 is 2.10 bits per heavy atom. The molecule has 1 heterocycles. The molecule has 0 aliphatic carbocycles. The summed E-state index contributed by atoms with van der Waals surface area (Å²) in [6.07, 6.45) is 0.447. The third-order valence-electron chi connectivity index (χ3n) is 2.47. The second-order valence-electron chi connectivity index (χ2n) is 3.95. The van der Waals surface area contributed by atoms with Crippen LogP contribution in [0, 0.1) is 0 Å². The average Bonchev–Trinajstić information content (AvgIpc) is 2.85. The van der Waals surface area contributed by atoms with E-state index in [1.807, 2.05) is 0 Å². The van der Waals surface area contributed by atoms with Crippen molar-refractivity contribution in [2.45, 2.75) is 4.90 Å². The minimum atomic E-state index is -3.86. The van der Waals surface area contributed by atoms with Gasteiger partial charge in [-0.25, -0.2) is 13.2 Å². The molecule has 0 aliphatic heterocycles. The SMILES string of the molecule is COC(=O)Nc1cccc(NS(=O)(=O)c2cn[nH]c2N)c1. The fourth-order valence-electron chi connectivity index (χ4n) is 1.54. The lowest BCUT2D eigenvalue weighted by Gasteiger charge is -2.09. The molecule has 0 spiro atoms. The van der Waals surface area contributed by atoms with Crippen molar-refractivity contribution < 1.29 is 17.9 Å². The maximum Gasteiger partial charge on any atom is 0.411 e. The predicted octanol–water partition coefficient (Wildman–Crippen LogP) is 0.971. The summed E-state index contributed by atoms with van der Waals surface area (Å²) >= 11 is 0. The molecule has 5 N–H and O–H groups in total. The molecule has 0 saturated heterocycles. The van der Waals surface area contributed by atoms with Crippen LogP contribution in [0.4, 0.5) is 22.0 Å². The predicted molar refractivity (Wildman–Crippen MR) is 76.3 cm³/mol. The summed E-state index contributed by atoms with van der Waals surface area (Å²) in [5, 5.41) is 8.32. The van der Waals surface area contributed by atoms with E-state index < -0.39 is 16.1 Å². The number of ether oxygens (including phenoxy) is 1. The molecule has 112 valence electrons. The first kappa shape index (κ1) is 14.7. The molecule has 0 unspecified atom stereocenters. The fourth-order valence-corrected chi connectivity index (χ4v) is 2.61. The minimum Gasteiger partial charge on any atom is -0.453 e. The Bertz CT molecular complexity index is 755. The molecule has 21 heavy (non-hydrogen) atoms. The van der Waals surface area contributed by atoms with Gasteiger partial charge in [-0.1, -0.05) is 6.07 Å². The summed E-state index contributed by atoms with van der Waals surface area (Å²) in [5.74, 6) is -0.0636.